The fourth-order valence-corrected chi connectivity index (χ4v) is 1.45. The van der Waals surface area contributed by atoms with Gasteiger partial charge in [-0.25, -0.2) is 14.8 Å². The van der Waals surface area contributed by atoms with Gasteiger partial charge in [-0.2, -0.15) is 0 Å². The number of aliphatic hydroxyl groups is 1. The van der Waals surface area contributed by atoms with Crippen molar-refractivity contribution in [1.82, 2.24) is 9.97 Å². The molecule has 94 valence electrons. The molecule has 0 aliphatic carbocycles. The summed E-state index contributed by atoms with van der Waals surface area (Å²) < 4.78 is 4.56. The van der Waals surface area contributed by atoms with E-state index in [1.54, 1.807) is 6.07 Å². The summed E-state index contributed by atoms with van der Waals surface area (Å²) in [6.07, 6.45) is 2.44. The first-order valence-corrected chi connectivity index (χ1v) is 5.50. The van der Waals surface area contributed by atoms with Crippen molar-refractivity contribution in [2.24, 2.45) is 0 Å². The van der Waals surface area contributed by atoms with Crippen molar-refractivity contribution in [3.05, 3.63) is 18.1 Å². The van der Waals surface area contributed by atoms with E-state index < -0.39 is 5.97 Å². The molecule has 0 saturated carbocycles. The number of rotatable bonds is 6. The Labute approximate surface area is 100 Å². The number of carbonyl (C=O) groups excluding carboxylic acids is 1. The van der Waals surface area contributed by atoms with Gasteiger partial charge >= 0.3 is 5.97 Å². The molecule has 0 spiro atoms. The average molecular weight is 239 g/mol. The standard InChI is InChI=1S/C11H17N3O3/c1-3-6-14(7-8-15)9-4-5-12-10(13-9)11(16)17-2/h4-5,15H,3,6-8H2,1-2H3. The third kappa shape index (κ3) is 3.67. The van der Waals surface area contributed by atoms with E-state index in [-0.39, 0.29) is 12.4 Å². The molecule has 1 N–H and O–H groups in total. The fourth-order valence-electron chi connectivity index (χ4n) is 1.45. The van der Waals surface area contributed by atoms with E-state index in [0.29, 0.717) is 12.4 Å². The van der Waals surface area contributed by atoms with E-state index >= 15 is 0 Å². The van der Waals surface area contributed by atoms with Crippen LogP contribution >= 0.6 is 0 Å². The maximum absolute atomic E-state index is 11.3. The van der Waals surface area contributed by atoms with Crippen molar-refractivity contribution in [2.45, 2.75) is 13.3 Å². The third-order valence-electron chi connectivity index (χ3n) is 2.20. The van der Waals surface area contributed by atoms with Crippen LogP contribution in [0.1, 0.15) is 24.0 Å². The SMILES string of the molecule is CCCN(CCO)c1ccnc(C(=O)OC)n1. The topological polar surface area (TPSA) is 75.5 Å². The van der Waals surface area contributed by atoms with Gasteiger partial charge in [-0.1, -0.05) is 6.92 Å². The van der Waals surface area contributed by atoms with Crippen LogP contribution in [-0.2, 0) is 4.74 Å². The summed E-state index contributed by atoms with van der Waals surface area (Å²) in [6, 6.07) is 1.71. The third-order valence-corrected chi connectivity index (χ3v) is 2.20. The second-order valence-corrected chi connectivity index (χ2v) is 3.44. The Morgan fingerprint density at radius 3 is 2.88 bits per heavy atom. The first-order valence-electron chi connectivity index (χ1n) is 5.50. The number of nitrogens with zero attached hydrogens (tertiary/aromatic N) is 3. The van der Waals surface area contributed by atoms with Crippen LogP contribution in [0.3, 0.4) is 0 Å². The molecule has 0 aliphatic heterocycles. The van der Waals surface area contributed by atoms with E-state index in [1.165, 1.54) is 13.3 Å². The van der Waals surface area contributed by atoms with Crippen LogP contribution in [0.25, 0.3) is 0 Å². The molecule has 6 heteroatoms. The zero-order valence-corrected chi connectivity index (χ0v) is 10.1. The predicted octanol–water partition coefficient (Wildman–Crippen LogP) is 0.472. The molecule has 0 radical (unpaired) electrons. The number of aromatic nitrogens is 2. The van der Waals surface area contributed by atoms with E-state index in [4.69, 9.17) is 5.11 Å². The zero-order chi connectivity index (χ0) is 12.7. The first-order chi connectivity index (χ1) is 8.22. The first kappa shape index (κ1) is 13.4. The normalized spacial score (nSPS) is 10.1. The van der Waals surface area contributed by atoms with Crippen molar-refractivity contribution in [2.75, 3.05) is 31.7 Å². The maximum Gasteiger partial charge on any atom is 0.376 e. The molecule has 0 unspecified atom stereocenters. The Kier molecular flexibility index (Phi) is 5.35. The van der Waals surface area contributed by atoms with Crippen molar-refractivity contribution < 1.29 is 14.6 Å². The van der Waals surface area contributed by atoms with E-state index in [9.17, 15) is 4.79 Å². The highest BCUT2D eigenvalue weighted by molar-refractivity contribution is 5.85. The van der Waals surface area contributed by atoms with E-state index in [1.807, 2.05) is 11.8 Å². The van der Waals surface area contributed by atoms with Crippen LogP contribution in [0.2, 0.25) is 0 Å². The van der Waals surface area contributed by atoms with Crippen LogP contribution in [-0.4, -0.2) is 47.8 Å². The number of ether oxygens (including phenoxy) is 1. The molecule has 0 amide bonds. The van der Waals surface area contributed by atoms with Crippen LogP contribution in [0.15, 0.2) is 12.3 Å². The molecule has 0 bridgehead atoms. The molecule has 0 atom stereocenters. The van der Waals surface area contributed by atoms with Gasteiger partial charge in [0, 0.05) is 19.3 Å². The van der Waals surface area contributed by atoms with Gasteiger partial charge in [-0.05, 0) is 12.5 Å². The Hall–Kier alpha value is -1.69. The lowest BCUT2D eigenvalue weighted by Crippen LogP contribution is -2.29. The van der Waals surface area contributed by atoms with Gasteiger partial charge in [0.15, 0.2) is 0 Å². The minimum atomic E-state index is -0.563. The van der Waals surface area contributed by atoms with Crippen LogP contribution in [0.4, 0.5) is 5.82 Å². The lowest BCUT2D eigenvalue weighted by Gasteiger charge is -2.21. The summed E-state index contributed by atoms with van der Waals surface area (Å²) in [6.45, 7) is 3.31. The summed E-state index contributed by atoms with van der Waals surface area (Å²) in [5, 5.41) is 8.97. The molecule has 0 aliphatic rings. The minimum Gasteiger partial charge on any atom is -0.463 e. The van der Waals surface area contributed by atoms with Gasteiger partial charge in [0.1, 0.15) is 5.82 Å². The maximum atomic E-state index is 11.3. The summed E-state index contributed by atoms with van der Waals surface area (Å²) in [7, 11) is 1.29. The molecule has 0 fully saturated rings. The molecule has 1 heterocycles. The fraction of sp³-hybridized carbons (Fsp3) is 0.545. The summed E-state index contributed by atoms with van der Waals surface area (Å²) in [5.41, 5.74) is 0. The molecule has 0 aromatic carbocycles. The Bertz CT molecular complexity index is 365. The van der Waals surface area contributed by atoms with Crippen LogP contribution in [0, 0.1) is 0 Å². The van der Waals surface area contributed by atoms with Gasteiger partial charge in [0.25, 0.3) is 0 Å². The second kappa shape index (κ2) is 6.80. The van der Waals surface area contributed by atoms with Gasteiger partial charge < -0.3 is 14.7 Å². The lowest BCUT2D eigenvalue weighted by molar-refractivity contribution is 0.0587. The average Bonchev–Trinajstić information content (AvgIpc) is 2.37. The predicted molar refractivity (Wildman–Crippen MR) is 63.0 cm³/mol. The highest BCUT2D eigenvalue weighted by Crippen LogP contribution is 2.10. The minimum absolute atomic E-state index is 0.0315. The highest BCUT2D eigenvalue weighted by atomic mass is 16.5. The number of methoxy groups -OCH3 is 1. The molecule has 0 saturated heterocycles. The summed E-state index contributed by atoms with van der Waals surface area (Å²) >= 11 is 0. The van der Waals surface area contributed by atoms with Gasteiger partial charge in [-0.15, -0.1) is 0 Å². The number of esters is 1. The zero-order valence-electron chi connectivity index (χ0n) is 10.1. The van der Waals surface area contributed by atoms with Crippen molar-refractivity contribution in [3.63, 3.8) is 0 Å². The van der Waals surface area contributed by atoms with Gasteiger partial charge in [-0.3, -0.25) is 0 Å². The Morgan fingerprint density at radius 1 is 1.53 bits per heavy atom. The number of carbonyl (C=O) groups is 1. The molecular weight excluding hydrogens is 222 g/mol. The van der Waals surface area contributed by atoms with E-state index in [0.717, 1.165) is 13.0 Å². The van der Waals surface area contributed by atoms with E-state index in [2.05, 4.69) is 14.7 Å². The monoisotopic (exact) mass is 239 g/mol. The number of anilines is 1. The molecule has 1 aromatic rings. The lowest BCUT2D eigenvalue weighted by atomic mass is 10.4. The Balaban J connectivity index is 2.91. The van der Waals surface area contributed by atoms with Crippen LogP contribution in [0.5, 0.6) is 0 Å². The van der Waals surface area contributed by atoms with Gasteiger partial charge in [0.05, 0.1) is 13.7 Å². The number of hydrogen-bond donors (Lipinski definition) is 1. The summed E-state index contributed by atoms with van der Waals surface area (Å²) in [5.74, 6) is 0.0904. The second-order valence-electron chi connectivity index (χ2n) is 3.44. The number of hydrogen-bond acceptors (Lipinski definition) is 6. The smallest absolute Gasteiger partial charge is 0.376 e. The van der Waals surface area contributed by atoms with Crippen LogP contribution < -0.4 is 4.90 Å². The number of aliphatic hydroxyl groups excluding tert-OH is 1. The largest absolute Gasteiger partial charge is 0.463 e. The van der Waals surface area contributed by atoms with Crippen molar-refractivity contribution >= 4 is 11.8 Å². The molecular formula is C11H17N3O3. The van der Waals surface area contributed by atoms with Gasteiger partial charge in [0.2, 0.25) is 5.82 Å². The van der Waals surface area contributed by atoms with Crippen molar-refractivity contribution in [3.8, 4) is 0 Å². The Morgan fingerprint density at radius 2 is 2.29 bits per heavy atom. The molecule has 6 nitrogen and oxygen atoms in total. The molecule has 1 aromatic heterocycles. The summed E-state index contributed by atoms with van der Waals surface area (Å²) in [4.78, 5) is 21.1. The van der Waals surface area contributed by atoms with Crippen molar-refractivity contribution in [1.29, 1.82) is 0 Å². The quantitative estimate of drug-likeness (QED) is 0.727. The molecule has 17 heavy (non-hydrogen) atoms. The highest BCUT2D eigenvalue weighted by Gasteiger charge is 2.12. The molecule has 1 rings (SSSR count).